The monoisotopic (exact) mass is 278 g/mol. The number of nitrogens with zero attached hydrogens (tertiary/aromatic N) is 2. The third kappa shape index (κ3) is 1.77. The van der Waals surface area contributed by atoms with E-state index < -0.39 is 0 Å². The average molecular weight is 279 g/mol. The lowest BCUT2D eigenvalue weighted by Crippen LogP contribution is -2.13. The molecule has 0 amide bonds. The maximum atomic E-state index is 4.56. The first-order valence-electron chi connectivity index (χ1n) is 5.97. The fourth-order valence-electron chi connectivity index (χ4n) is 2.64. The van der Waals surface area contributed by atoms with Gasteiger partial charge in [-0.25, -0.2) is 0 Å². The first-order valence-corrected chi connectivity index (χ1v) is 6.77. The molecule has 1 saturated carbocycles. The Hall–Kier alpha value is -0.830. The minimum Gasteiger partial charge on any atom is -0.262 e. The van der Waals surface area contributed by atoms with E-state index in [9.17, 15) is 0 Å². The van der Waals surface area contributed by atoms with Crippen molar-refractivity contribution in [3.05, 3.63) is 28.9 Å². The number of fused-ring (bicyclic) bond motifs is 1. The zero-order valence-electron chi connectivity index (χ0n) is 9.19. The van der Waals surface area contributed by atoms with Gasteiger partial charge in [0.1, 0.15) is 0 Å². The second-order valence-electron chi connectivity index (χ2n) is 4.58. The summed E-state index contributed by atoms with van der Waals surface area (Å²) >= 11 is 3.50. The lowest BCUT2D eigenvalue weighted by atomic mass is 9.95. The molecule has 1 fully saturated rings. The summed E-state index contributed by atoms with van der Waals surface area (Å²) < 4.78 is 3.35. The molecule has 0 saturated heterocycles. The van der Waals surface area contributed by atoms with Gasteiger partial charge >= 0.3 is 0 Å². The van der Waals surface area contributed by atoms with Crippen LogP contribution in [0.1, 0.15) is 38.1 Å². The number of hydrogen-bond donors (Lipinski definition) is 0. The minimum atomic E-state index is 0.618. The number of rotatable bonds is 1. The standard InChI is InChI=1S/C13H15BrN2/c14-11-6-7-13-10(8-11)9-15-16(13)12-4-2-1-3-5-12/h6-9,12H,1-5H2. The van der Waals surface area contributed by atoms with E-state index in [1.165, 1.54) is 43.0 Å². The second-order valence-corrected chi connectivity index (χ2v) is 5.50. The number of hydrogen-bond acceptors (Lipinski definition) is 1. The van der Waals surface area contributed by atoms with E-state index in [0.717, 1.165) is 4.47 Å². The Kier molecular flexibility index (Phi) is 2.72. The Labute approximate surface area is 104 Å². The number of halogens is 1. The van der Waals surface area contributed by atoms with Gasteiger partial charge in [-0.3, -0.25) is 4.68 Å². The quantitative estimate of drug-likeness (QED) is 0.760. The number of benzene rings is 1. The van der Waals surface area contributed by atoms with Crippen molar-refractivity contribution in [3.63, 3.8) is 0 Å². The van der Waals surface area contributed by atoms with Crippen LogP contribution < -0.4 is 0 Å². The molecule has 2 nitrogen and oxygen atoms in total. The molecule has 0 radical (unpaired) electrons. The molecule has 3 heteroatoms. The van der Waals surface area contributed by atoms with E-state index in [-0.39, 0.29) is 0 Å². The molecule has 0 aliphatic heterocycles. The summed E-state index contributed by atoms with van der Waals surface area (Å²) in [4.78, 5) is 0. The van der Waals surface area contributed by atoms with Crippen molar-refractivity contribution in [3.8, 4) is 0 Å². The Bertz CT molecular complexity index is 498. The highest BCUT2D eigenvalue weighted by molar-refractivity contribution is 9.10. The first kappa shape index (κ1) is 10.3. The maximum Gasteiger partial charge on any atom is 0.0686 e. The highest BCUT2D eigenvalue weighted by Crippen LogP contribution is 2.31. The summed E-state index contributed by atoms with van der Waals surface area (Å²) in [7, 11) is 0. The van der Waals surface area contributed by atoms with Crippen molar-refractivity contribution in [2.45, 2.75) is 38.1 Å². The molecule has 1 heterocycles. The largest absolute Gasteiger partial charge is 0.262 e. The SMILES string of the molecule is Brc1ccc2c(cnn2C2CCCCC2)c1. The van der Waals surface area contributed by atoms with Crippen LogP contribution in [0.15, 0.2) is 28.9 Å². The highest BCUT2D eigenvalue weighted by Gasteiger charge is 2.17. The average Bonchev–Trinajstić information content (AvgIpc) is 2.73. The molecular weight excluding hydrogens is 264 g/mol. The van der Waals surface area contributed by atoms with Gasteiger partial charge in [0, 0.05) is 9.86 Å². The minimum absolute atomic E-state index is 0.618. The van der Waals surface area contributed by atoms with E-state index in [4.69, 9.17) is 0 Å². The van der Waals surface area contributed by atoms with Crippen molar-refractivity contribution < 1.29 is 0 Å². The van der Waals surface area contributed by atoms with Crippen LogP contribution in [0, 0.1) is 0 Å². The molecule has 0 unspecified atom stereocenters. The summed E-state index contributed by atoms with van der Waals surface area (Å²) in [6, 6.07) is 7.03. The molecule has 1 aliphatic carbocycles. The molecule has 1 aromatic heterocycles. The third-order valence-electron chi connectivity index (χ3n) is 3.48. The molecular formula is C13H15BrN2. The molecule has 1 aromatic carbocycles. The normalized spacial score (nSPS) is 18.1. The first-order chi connectivity index (χ1) is 7.84. The van der Waals surface area contributed by atoms with Crippen LogP contribution in [-0.4, -0.2) is 9.78 Å². The van der Waals surface area contributed by atoms with Crippen molar-refractivity contribution in [2.75, 3.05) is 0 Å². The van der Waals surface area contributed by atoms with Crippen LogP contribution in [0.4, 0.5) is 0 Å². The molecule has 84 valence electrons. The molecule has 0 bridgehead atoms. The third-order valence-corrected chi connectivity index (χ3v) is 3.97. The summed E-state index contributed by atoms with van der Waals surface area (Å²) in [5.41, 5.74) is 1.27. The lowest BCUT2D eigenvalue weighted by Gasteiger charge is -2.22. The van der Waals surface area contributed by atoms with Gasteiger partial charge in [0.25, 0.3) is 0 Å². The van der Waals surface area contributed by atoms with Crippen LogP contribution in [0.5, 0.6) is 0 Å². The topological polar surface area (TPSA) is 17.8 Å². The van der Waals surface area contributed by atoms with E-state index >= 15 is 0 Å². The van der Waals surface area contributed by atoms with E-state index in [1.807, 2.05) is 6.20 Å². The Balaban J connectivity index is 2.03. The Morgan fingerprint density at radius 2 is 2.00 bits per heavy atom. The fourth-order valence-corrected chi connectivity index (χ4v) is 3.02. The fraction of sp³-hybridized carbons (Fsp3) is 0.462. The van der Waals surface area contributed by atoms with Gasteiger partial charge in [-0.1, -0.05) is 35.2 Å². The van der Waals surface area contributed by atoms with Crippen LogP contribution in [0.3, 0.4) is 0 Å². The molecule has 1 aliphatic rings. The van der Waals surface area contributed by atoms with Crippen LogP contribution >= 0.6 is 15.9 Å². The van der Waals surface area contributed by atoms with Gasteiger partial charge in [-0.05, 0) is 31.0 Å². The van der Waals surface area contributed by atoms with E-state index in [1.54, 1.807) is 0 Å². The van der Waals surface area contributed by atoms with Crippen molar-refractivity contribution in [1.29, 1.82) is 0 Å². The highest BCUT2D eigenvalue weighted by atomic mass is 79.9. The summed E-state index contributed by atoms with van der Waals surface area (Å²) in [5.74, 6) is 0. The van der Waals surface area contributed by atoms with E-state index in [0.29, 0.717) is 6.04 Å². The molecule has 2 aromatic rings. The van der Waals surface area contributed by atoms with Crippen LogP contribution in [0.25, 0.3) is 10.9 Å². The molecule has 16 heavy (non-hydrogen) atoms. The zero-order chi connectivity index (χ0) is 11.0. The van der Waals surface area contributed by atoms with Gasteiger partial charge in [0.2, 0.25) is 0 Å². The molecule has 3 rings (SSSR count). The van der Waals surface area contributed by atoms with E-state index in [2.05, 4.69) is 43.9 Å². The predicted octanol–water partition coefficient (Wildman–Crippen LogP) is 4.30. The smallest absolute Gasteiger partial charge is 0.0686 e. The Morgan fingerprint density at radius 1 is 1.19 bits per heavy atom. The molecule has 0 spiro atoms. The Morgan fingerprint density at radius 3 is 2.81 bits per heavy atom. The van der Waals surface area contributed by atoms with Crippen molar-refractivity contribution in [2.24, 2.45) is 0 Å². The van der Waals surface area contributed by atoms with Gasteiger partial charge in [-0.15, -0.1) is 0 Å². The van der Waals surface area contributed by atoms with Gasteiger partial charge in [0.05, 0.1) is 17.8 Å². The van der Waals surface area contributed by atoms with Crippen LogP contribution in [-0.2, 0) is 0 Å². The lowest BCUT2D eigenvalue weighted by molar-refractivity contribution is 0.337. The van der Waals surface area contributed by atoms with Crippen LogP contribution in [0.2, 0.25) is 0 Å². The van der Waals surface area contributed by atoms with Crippen molar-refractivity contribution >= 4 is 26.8 Å². The summed E-state index contributed by atoms with van der Waals surface area (Å²) in [6.45, 7) is 0. The predicted molar refractivity (Wildman–Crippen MR) is 69.6 cm³/mol. The summed E-state index contributed by atoms with van der Waals surface area (Å²) in [5, 5.41) is 5.79. The summed E-state index contributed by atoms with van der Waals surface area (Å²) in [6.07, 6.45) is 8.64. The van der Waals surface area contributed by atoms with Gasteiger partial charge in [0.15, 0.2) is 0 Å². The molecule has 0 N–H and O–H groups in total. The van der Waals surface area contributed by atoms with Crippen molar-refractivity contribution in [1.82, 2.24) is 9.78 Å². The maximum absolute atomic E-state index is 4.56. The zero-order valence-corrected chi connectivity index (χ0v) is 10.8. The second kappa shape index (κ2) is 4.21. The van der Waals surface area contributed by atoms with Gasteiger partial charge < -0.3 is 0 Å². The number of aromatic nitrogens is 2. The van der Waals surface area contributed by atoms with Gasteiger partial charge in [-0.2, -0.15) is 5.10 Å². The molecule has 0 atom stereocenters.